The zero-order chi connectivity index (χ0) is 19.3. The molecule has 1 aliphatic carbocycles. The minimum atomic E-state index is 0.745. The highest BCUT2D eigenvalue weighted by Gasteiger charge is 2.23. The molecule has 1 fully saturated rings. The van der Waals surface area contributed by atoms with Gasteiger partial charge in [0, 0.05) is 5.56 Å². The molecule has 4 N–H and O–H groups in total. The molecule has 4 nitrogen and oxygen atoms in total. The Kier molecular flexibility index (Phi) is 21.6. The van der Waals surface area contributed by atoms with E-state index in [1.165, 1.54) is 24.8 Å². The van der Waals surface area contributed by atoms with Crippen LogP contribution >= 0.6 is 0 Å². The molecular formula is C21H41N3O. The zero-order valence-corrected chi connectivity index (χ0v) is 17.1. The third-order valence-corrected chi connectivity index (χ3v) is 3.43. The highest BCUT2D eigenvalue weighted by Crippen LogP contribution is 2.39. The number of hydrogen-bond acceptors (Lipinski definition) is 4. The Labute approximate surface area is 156 Å². The molecule has 0 saturated heterocycles. The first-order valence-corrected chi connectivity index (χ1v) is 9.92. The van der Waals surface area contributed by atoms with Gasteiger partial charge in [-0.1, -0.05) is 45.9 Å². The smallest absolute Gasteiger partial charge is 0.150 e. The highest BCUT2D eigenvalue weighted by atomic mass is 16.1. The predicted molar refractivity (Wildman–Crippen MR) is 112 cm³/mol. The molecule has 0 atom stereocenters. The summed E-state index contributed by atoms with van der Waals surface area (Å²) in [5.74, 6) is 0.745. The predicted octanol–water partition coefficient (Wildman–Crippen LogP) is 3.96. The molecule has 0 aliphatic heterocycles. The van der Waals surface area contributed by atoms with Crippen LogP contribution in [-0.2, 0) is 0 Å². The topological polar surface area (TPSA) is 67.2 Å². The number of nitrogens with two attached hydrogens (primary N) is 1. The Bertz CT molecular complexity index is 384. The normalized spacial score (nSPS) is 11.8. The van der Waals surface area contributed by atoms with Crippen molar-refractivity contribution in [3.05, 3.63) is 35.4 Å². The maximum absolute atomic E-state index is 10.4. The van der Waals surface area contributed by atoms with E-state index in [-0.39, 0.29) is 0 Å². The largest absolute Gasteiger partial charge is 0.330 e. The standard InChI is InChI=1S/C10H10O.C7H19N3.2C2H6/c11-7-8-2-1-3-10(6-8)9-4-5-9;1-9-5-3-7-10-6-2-4-8;2*1-2/h1-3,6-7,9H,4-5H2;9-10H,2-8H2,1H3;2*1-2H3. The monoisotopic (exact) mass is 351 g/mol. The second-order valence-corrected chi connectivity index (χ2v) is 5.41. The highest BCUT2D eigenvalue weighted by molar-refractivity contribution is 5.75. The number of carbonyl (C=O) groups excluding carboxylic acids is 1. The molecule has 1 aliphatic rings. The van der Waals surface area contributed by atoms with Crippen LogP contribution < -0.4 is 16.4 Å². The van der Waals surface area contributed by atoms with Crippen LogP contribution in [0, 0.1) is 0 Å². The number of rotatable bonds is 9. The molecule has 1 aromatic carbocycles. The van der Waals surface area contributed by atoms with Crippen molar-refractivity contribution < 1.29 is 4.79 Å². The molecule has 0 bridgehead atoms. The van der Waals surface area contributed by atoms with Crippen molar-refractivity contribution in [1.29, 1.82) is 0 Å². The van der Waals surface area contributed by atoms with Crippen LogP contribution in [0.2, 0.25) is 0 Å². The van der Waals surface area contributed by atoms with Gasteiger partial charge in [0.2, 0.25) is 0 Å². The molecule has 0 spiro atoms. The molecule has 146 valence electrons. The average Bonchev–Trinajstić information content (AvgIpc) is 3.54. The first kappa shape index (κ1) is 26.0. The summed E-state index contributed by atoms with van der Waals surface area (Å²) in [7, 11) is 1.97. The molecule has 0 amide bonds. The van der Waals surface area contributed by atoms with Crippen molar-refractivity contribution in [1.82, 2.24) is 10.6 Å². The van der Waals surface area contributed by atoms with Crippen LogP contribution in [0.15, 0.2) is 24.3 Å². The first-order chi connectivity index (χ1) is 12.3. The number of aldehydes is 1. The van der Waals surface area contributed by atoms with E-state index in [1.807, 2.05) is 52.9 Å². The lowest BCUT2D eigenvalue weighted by atomic mass is 10.1. The van der Waals surface area contributed by atoms with Gasteiger partial charge in [0.1, 0.15) is 6.29 Å². The lowest BCUT2D eigenvalue weighted by Crippen LogP contribution is -2.22. The van der Waals surface area contributed by atoms with E-state index in [0.29, 0.717) is 0 Å². The van der Waals surface area contributed by atoms with Crippen molar-refractivity contribution in [3.8, 4) is 0 Å². The van der Waals surface area contributed by atoms with Crippen molar-refractivity contribution >= 4 is 6.29 Å². The summed E-state index contributed by atoms with van der Waals surface area (Å²) >= 11 is 0. The van der Waals surface area contributed by atoms with Crippen LogP contribution in [0.3, 0.4) is 0 Å². The fourth-order valence-corrected chi connectivity index (χ4v) is 2.05. The summed E-state index contributed by atoms with van der Waals surface area (Å²) in [5.41, 5.74) is 7.45. The van der Waals surface area contributed by atoms with Crippen molar-refractivity contribution in [3.63, 3.8) is 0 Å². The number of hydrogen-bond donors (Lipinski definition) is 3. The van der Waals surface area contributed by atoms with Gasteiger partial charge in [-0.15, -0.1) is 0 Å². The Morgan fingerprint density at radius 1 is 1.08 bits per heavy atom. The van der Waals surface area contributed by atoms with E-state index in [1.54, 1.807) is 0 Å². The molecule has 1 saturated carbocycles. The Hall–Kier alpha value is -1.23. The second-order valence-electron chi connectivity index (χ2n) is 5.41. The minimum absolute atomic E-state index is 0.745. The Balaban J connectivity index is 0. The van der Waals surface area contributed by atoms with Crippen LogP contribution in [0.1, 0.15) is 75.2 Å². The van der Waals surface area contributed by atoms with E-state index >= 15 is 0 Å². The van der Waals surface area contributed by atoms with Gasteiger partial charge in [-0.25, -0.2) is 0 Å². The molecule has 1 aromatic rings. The lowest BCUT2D eigenvalue weighted by molar-refractivity contribution is 0.112. The third kappa shape index (κ3) is 16.0. The van der Waals surface area contributed by atoms with Gasteiger partial charge >= 0.3 is 0 Å². The molecule has 4 heteroatoms. The summed E-state index contributed by atoms with van der Waals surface area (Å²) < 4.78 is 0. The molecule has 0 radical (unpaired) electrons. The van der Waals surface area contributed by atoms with E-state index in [2.05, 4.69) is 16.7 Å². The number of nitrogens with one attached hydrogen (secondary N) is 2. The van der Waals surface area contributed by atoms with Crippen LogP contribution in [-0.4, -0.2) is 39.5 Å². The third-order valence-electron chi connectivity index (χ3n) is 3.43. The van der Waals surface area contributed by atoms with Gasteiger partial charge in [0.05, 0.1) is 0 Å². The van der Waals surface area contributed by atoms with E-state index in [0.717, 1.165) is 50.4 Å². The molecule has 0 aromatic heterocycles. The van der Waals surface area contributed by atoms with Gasteiger partial charge in [0.15, 0.2) is 0 Å². The molecule has 0 heterocycles. The molecule has 0 unspecified atom stereocenters. The maximum Gasteiger partial charge on any atom is 0.150 e. The molecular weight excluding hydrogens is 310 g/mol. The van der Waals surface area contributed by atoms with Gasteiger partial charge < -0.3 is 16.4 Å². The van der Waals surface area contributed by atoms with Crippen molar-refractivity contribution in [2.45, 2.75) is 59.3 Å². The molecule has 25 heavy (non-hydrogen) atoms. The quantitative estimate of drug-likeness (QED) is 0.465. The van der Waals surface area contributed by atoms with Crippen molar-refractivity contribution in [2.75, 3.05) is 33.2 Å². The number of benzene rings is 1. The Morgan fingerprint density at radius 2 is 1.72 bits per heavy atom. The summed E-state index contributed by atoms with van der Waals surface area (Å²) in [6, 6.07) is 7.89. The van der Waals surface area contributed by atoms with Gasteiger partial charge in [0.25, 0.3) is 0 Å². The molecule has 2 rings (SSSR count). The fraction of sp³-hybridized carbons (Fsp3) is 0.667. The lowest BCUT2D eigenvalue weighted by Gasteiger charge is -2.01. The van der Waals surface area contributed by atoms with Crippen LogP contribution in [0.5, 0.6) is 0 Å². The summed E-state index contributed by atoms with van der Waals surface area (Å²) in [5, 5.41) is 6.40. The van der Waals surface area contributed by atoms with E-state index in [4.69, 9.17) is 5.73 Å². The fourth-order valence-electron chi connectivity index (χ4n) is 2.05. The van der Waals surface area contributed by atoms with Gasteiger partial charge in [-0.3, -0.25) is 4.79 Å². The minimum Gasteiger partial charge on any atom is -0.330 e. The second kappa shape index (κ2) is 20.8. The summed E-state index contributed by atoms with van der Waals surface area (Å²) in [6.45, 7) is 12.0. The van der Waals surface area contributed by atoms with E-state index < -0.39 is 0 Å². The Morgan fingerprint density at radius 3 is 2.24 bits per heavy atom. The number of carbonyl (C=O) groups is 1. The van der Waals surface area contributed by atoms with Gasteiger partial charge in [-0.2, -0.15) is 0 Å². The van der Waals surface area contributed by atoms with Crippen LogP contribution in [0.25, 0.3) is 0 Å². The van der Waals surface area contributed by atoms with Gasteiger partial charge in [-0.05, 0) is 76.5 Å². The maximum atomic E-state index is 10.4. The summed E-state index contributed by atoms with van der Waals surface area (Å²) in [4.78, 5) is 10.4. The SMILES string of the molecule is CC.CC.CNCCCNCCCN.O=Cc1cccc(C2CC2)c1. The first-order valence-electron chi connectivity index (χ1n) is 9.92. The summed E-state index contributed by atoms with van der Waals surface area (Å²) in [6.07, 6.45) is 5.77. The zero-order valence-electron chi connectivity index (χ0n) is 17.1. The van der Waals surface area contributed by atoms with E-state index in [9.17, 15) is 4.79 Å². The average molecular weight is 352 g/mol. The van der Waals surface area contributed by atoms with Crippen molar-refractivity contribution in [2.24, 2.45) is 5.73 Å². The van der Waals surface area contributed by atoms with Crippen LogP contribution in [0.4, 0.5) is 0 Å².